The molecular formula is C15H19N5O. The molecule has 1 heterocycles. The lowest BCUT2D eigenvalue weighted by Crippen LogP contribution is -2.10. The number of methoxy groups -OCH3 is 1. The van der Waals surface area contributed by atoms with Crippen LogP contribution in [0.25, 0.3) is 0 Å². The molecule has 0 saturated carbocycles. The summed E-state index contributed by atoms with van der Waals surface area (Å²) in [6, 6.07) is 8.02. The van der Waals surface area contributed by atoms with Gasteiger partial charge in [-0.2, -0.15) is 10.1 Å². The van der Waals surface area contributed by atoms with Crippen molar-refractivity contribution in [1.29, 1.82) is 0 Å². The number of hydrogen-bond acceptors (Lipinski definition) is 6. The summed E-state index contributed by atoms with van der Waals surface area (Å²) in [5.41, 5.74) is 1.23. The third kappa shape index (κ3) is 4.76. The zero-order valence-corrected chi connectivity index (χ0v) is 12.0. The number of nitrogens with one attached hydrogen (secondary N) is 2. The molecule has 0 aliphatic carbocycles. The van der Waals surface area contributed by atoms with Gasteiger partial charge in [-0.05, 0) is 24.1 Å². The van der Waals surface area contributed by atoms with E-state index in [1.807, 2.05) is 12.1 Å². The average molecular weight is 285 g/mol. The highest BCUT2D eigenvalue weighted by molar-refractivity contribution is 5.37. The molecule has 21 heavy (non-hydrogen) atoms. The summed E-state index contributed by atoms with van der Waals surface area (Å²) in [7, 11) is 1.66. The van der Waals surface area contributed by atoms with Gasteiger partial charge in [-0.25, -0.2) is 0 Å². The lowest BCUT2D eigenvalue weighted by molar-refractivity contribution is 0.414. The molecule has 0 atom stereocenters. The molecule has 6 heteroatoms. The summed E-state index contributed by atoms with van der Waals surface area (Å²) in [6.45, 7) is 5.01. The number of rotatable bonds is 8. The number of hydrogen-bond donors (Lipinski definition) is 2. The molecule has 1 aromatic carbocycles. The Kier molecular flexibility index (Phi) is 5.51. The fourth-order valence-corrected chi connectivity index (χ4v) is 1.75. The summed E-state index contributed by atoms with van der Waals surface area (Å²) in [6.07, 6.45) is 4.24. The normalized spacial score (nSPS) is 9.95. The Morgan fingerprint density at radius 3 is 2.76 bits per heavy atom. The van der Waals surface area contributed by atoms with Crippen LogP contribution in [-0.2, 0) is 6.42 Å². The van der Waals surface area contributed by atoms with Gasteiger partial charge >= 0.3 is 0 Å². The molecule has 2 rings (SSSR count). The molecule has 0 unspecified atom stereocenters. The third-order valence-electron chi connectivity index (χ3n) is 2.84. The van der Waals surface area contributed by atoms with Crippen LogP contribution in [0, 0.1) is 0 Å². The zero-order valence-electron chi connectivity index (χ0n) is 12.0. The van der Waals surface area contributed by atoms with Crippen LogP contribution in [0.3, 0.4) is 0 Å². The van der Waals surface area contributed by atoms with Crippen molar-refractivity contribution in [1.82, 2.24) is 15.2 Å². The first kappa shape index (κ1) is 14.8. The highest BCUT2D eigenvalue weighted by Gasteiger charge is 1.99. The van der Waals surface area contributed by atoms with E-state index in [-0.39, 0.29) is 0 Å². The van der Waals surface area contributed by atoms with E-state index in [1.165, 1.54) is 5.56 Å². The van der Waals surface area contributed by atoms with Crippen molar-refractivity contribution in [3.8, 4) is 5.75 Å². The minimum absolute atomic E-state index is 0.490. The van der Waals surface area contributed by atoms with Gasteiger partial charge in [0.25, 0.3) is 0 Å². The van der Waals surface area contributed by atoms with E-state index in [2.05, 4.69) is 44.5 Å². The molecule has 1 aromatic heterocycles. The Balaban J connectivity index is 1.83. The molecule has 2 aromatic rings. The average Bonchev–Trinajstić information content (AvgIpc) is 2.54. The molecule has 0 amide bonds. The third-order valence-corrected chi connectivity index (χ3v) is 2.84. The lowest BCUT2D eigenvalue weighted by atomic mass is 10.1. The SMILES string of the molecule is C=CCNc1nncc(NCCc2ccc(OC)cc2)n1. The fourth-order valence-electron chi connectivity index (χ4n) is 1.75. The summed E-state index contributed by atoms with van der Waals surface area (Å²) in [5, 5.41) is 14.0. The highest BCUT2D eigenvalue weighted by Crippen LogP contribution is 2.12. The molecule has 6 nitrogen and oxygen atoms in total. The zero-order chi connectivity index (χ0) is 14.9. The standard InChI is InChI=1S/C15H19N5O/c1-3-9-17-15-19-14(11-18-20-15)16-10-8-12-4-6-13(21-2)7-5-12/h3-7,11H,1,8-10H2,2H3,(H2,16,17,19,20). The highest BCUT2D eigenvalue weighted by atomic mass is 16.5. The maximum Gasteiger partial charge on any atom is 0.244 e. The molecule has 110 valence electrons. The van der Waals surface area contributed by atoms with Gasteiger partial charge in [-0.3, -0.25) is 0 Å². The predicted octanol–water partition coefficient (Wildman–Crippen LogP) is 2.13. The second-order valence-corrected chi connectivity index (χ2v) is 4.36. The maximum atomic E-state index is 5.13. The van der Waals surface area contributed by atoms with Crippen LogP contribution in [0.1, 0.15) is 5.56 Å². The first-order valence-corrected chi connectivity index (χ1v) is 6.73. The second-order valence-electron chi connectivity index (χ2n) is 4.36. The van der Waals surface area contributed by atoms with Crippen LogP contribution in [0.2, 0.25) is 0 Å². The Labute approximate surface area is 124 Å². The van der Waals surface area contributed by atoms with Gasteiger partial charge in [0.1, 0.15) is 5.75 Å². The van der Waals surface area contributed by atoms with Crippen LogP contribution < -0.4 is 15.4 Å². The summed E-state index contributed by atoms with van der Waals surface area (Å²) >= 11 is 0. The van der Waals surface area contributed by atoms with E-state index in [9.17, 15) is 0 Å². The number of nitrogens with zero attached hydrogens (tertiary/aromatic N) is 3. The van der Waals surface area contributed by atoms with Crippen molar-refractivity contribution in [2.45, 2.75) is 6.42 Å². The Morgan fingerprint density at radius 1 is 1.24 bits per heavy atom. The minimum Gasteiger partial charge on any atom is -0.497 e. The Bertz CT molecular complexity index is 571. The number of aromatic nitrogens is 3. The first-order valence-electron chi connectivity index (χ1n) is 6.73. The molecule has 0 saturated heterocycles. The molecule has 0 fully saturated rings. The minimum atomic E-state index is 0.490. The van der Waals surface area contributed by atoms with E-state index in [0.29, 0.717) is 18.3 Å². The van der Waals surface area contributed by atoms with Crippen molar-refractivity contribution in [3.63, 3.8) is 0 Å². The summed E-state index contributed by atoms with van der Waals surface area (Å²) in [5.74, 6) is 2.05. The number of ether oxygens (including phenoxy) is 1. The van der Waals surface area contributed by atoms with Gasteiger partial charge in [0.2, 0.25) is 5.95 Å². The summed E-state index contributed by atoms with van der Waals surface area (Å²) in [4.78, 5) is 4.31. The van der Waals surface area contributed by atoms with Gasteiger partial charge < -0.3 is 15.4 Å². The van der Waals surface area contributed by atoms with Crippen molar-refractivity contribution >= 4 is 11.8 Å². The molecule has 0 radical (unpaired) electrons. The van der Waals surface area contributed by atoms with Gasteiger partial charge in [-0.1, -0.05) is 18.2 Å². The topological polar surface area (TPSA) is 72.0 Å². The summed E-state index contributed by atoms with van der Waals surface area (Å²) < 4.78 is 5.13. The molecule has 0 aliphatic heterocycles. The van der Waals surface area contributed by atoms with Crippen molar-refractivity contribution in [3.05, 3.63) is 48.7 Å². The van der Waals surface area contributed by atoms with Crippen LogP contribution in [0.4, 0.5) is 11.8 Å². The molecule has 0 spiro atoms. The molecule has 0 bridgehead atoms. The maximum absolute atomic E-state index is 5.13. The number of anilines is 2. The van der Waals surface area contributed by atoms with Crippen molar-refractivity contribution in [2.24, 2.45) is 0 Å². The van der Waals surface area contributed by atoms with Crippen LogP contribution >= 0.6 is 0 Å². The van der Waals surface area contributed by atoms with E-state index >= 15 is 0 Å². The first-order chi connectivity index (χ1) is 10.3. The van der Waals surface area contributed by atoms with E-state index < -0.39 is 0 Å². The quantitative estimate of drug-likeness (QED) is 0.724. The lowest BCUT2D eigenvalue weighted by Gasteiger charge is -2.07. The largest absolute Gasteiger partial charge is 0.497 e. The Morgan fingerprint density at radius 2 is 2.05 bits per heavy atom. The van der Waals surface area contributed by atoms with E-state index in [1.54, 1.807) is 19.4 Å². The van der Waals surface area contributed by atoms with Crippen LogP contribution in [0.15, 0.2) is 43.1 Å². The van der Waals surface area contributed by atoms with Gasteiger partial charge in [0, 0.05) is 13.1 Å². The van der Waals surface area contributed by atoms with Crippen LogP contribution in [-0.4, -0.2) is 35.4 Å². The monoisotopic (exact) mass is 285 g/mol. The second kappa shape index (κ2) is 7.84. The molecule has 0 aliphatic rings. The molecule has 2 N–H and O–H groups in total. The number of benzene rings is 1. The van der Waals surface area contributed by atoms with Crippen molar-refractivity contribution in [2.75, 3.05) is 30.8 Å². The smallest absolute Gasteiger partial charge is 0.244 e. The predicted molar refractivity (Wildman–Crippen MR) is 83.7 cm³/mol. The fraction of sp³-hybridized carbons (Fsp3) is 0.267. The van der Waals surface area contributed by atoms with Gasteiger partial charge in [0.05, 0.1) is 13.3 Å². The van der Waals surface area contributed by atoms with Gasteiger partial charge in [0.15, 0.2) is 5.82 Å². The van der Waals surface area contributed by atoms with Crippen molar-refractivity contribution < 1.29 is 4.74 Å². The van der Waals surface area contributed by atoms with E-state index in [4.69, 9.17) is 4.74 Å². The van der Waals surface area contributed by atoms with Gasteiger partial charge in [-0.15, -0.1) is 11.7 Å². The van der Waals surface area contributed by atoms with E-state index in [0.717, 1.165) is 18.7 Å². The molecular weight excluding hydrogens is 266 g/mol. The Hall–Kier alpha value is -2.63. The van der Waals surface area contributed by atoms with Crippen LogP contribution in [0.5, 0.6) is 5.75 Å².